The summed E-state index contributed by atoms with van der Waals surface area (Å²) < 4.78 is 0. The van der Waals surface area contributed by atoms with Gasteiger partial charge >= 0.3 is 0 Å². The van der Waals surface area contributed by atoms with E-state index in [2.05, 4.69) is 36.9 Å². The van der Waals surface area contributed by atoms with Crippen molar-refractivity contribution in [3.05, 3.63) is 54.1 Å². The molecule has 0 unspecified atom stereocenters. The van der Waals surface area contributed by atoms with Crippen LogP contribution < -0.4 is 0 Å². The van der Waals surface area contributed by atoms with E-state index in [1.54, 1.807) is 0 Å². The van der Waals surface area contributed by atoms with Crippen molar-refractivity contribution >= 4 is 28.4 Å². The zero-order valence-corrected chi connectivity index (χ0v) is 8.59. The summed E-state index contributed by atoms with van der Waals surface area (Å²) in [4.78, 5) is 0. The number of hydrogen-bond acceptors (Lipinski definition) is 0. The summed E-state index contributed by atoms with van der Waals surface area (Å²) in [5, 5.41) is 2.46. The third-order valence-corrected chi connectivity index (χ3v) is 2.66. The van der Waals surface area contributed by atoms with Gasteiger partial charge in [-0.25, -0.2) is 0 Å². The molecule has 0 aliphatic carbocycles. The lowest BCUT2D eigenvalue weighted by Crippen LogP contribution is -1.81. The van der Waals surface area contributed by atoms with E-state index >= 15 is 0 Å². The largest absolute Gasteiger partial charge is 0.122 e. The third-order valence-electron chi connectivity index (χ3n) is 2.35. The Hall–Kier alpha value is -1.27. The summed E-state index contributed by atoms with van der Waals surface area (Å²) in [6.45, 7) is 3.80. The van der Waals surface area contributed by atoms with Gasteiger partial charge in [-0.2, -0.15) is 0 Å². The van der Waals surface area contributed by atoms with E-state index in [1.807, 2.05) is 12.1 Å². The molecule has 0 fully saturated rings. The molecule has 2 rings (SSSR count). The number of rotatable bonds is 2. The van der Waals surface area contributed by atoms with Crippen LogP contribution >= 0.6 is 11.6 Å². The topological polar surface area (TPSA) is 0 Å². The Morgan fingerprint density at radius 2 is 2.07 bits per heavy atom. The van der Waals surface area contributed by atoms with Gasteiger partial charge in [0.15, 0.2) is 0 Å². The van der Waals surface area contributed by atoms with Gasteiger partial charge in [0.1, 0.15) is 0 Å². The molecule has 0 saturated heterocycles. The maximum absolute atomic E-state index is 5.80. The molecule has 0 amide bonds. The predicted octanol–water partition coefficient (Wildman–Crippen LogP) is 4.22. The Labute approximate surface area is 88.8 Å². The van der Waals surface area contributed by atoms with Crippen LogP contribution in [0.5, 0.6) is 0 Å². The van der Waals surface area contributed by atoms with E-state index in [9.17, 15) is 0 Å². The van der Waals surface area contributed by atoms with Crippen LogP contribution in [0.4, 0.5) is 0 Å². The second-order valence-corrected chi connectivity index (χ2v) is 3.51. The zero-order chi connectivity index (χ0) is 9.97. The first kappa shape index (κ1) is 9.29. The molecule has 1 heteroatoms. The van der Waals surface area contributed by atoms with Gasteiger partial charge in [0.05, 0.1) is 0 Å². The molecule has 0 aromatic heterocycles. The van der Waals surface area contributed by atoms with Gasteiger partial charge in [0.2, 0.25) is 0 Å². The van der Waals surface area contributed by atoms with Crippen LogP contribution in [-0.4, -0.2) is 0 Å². The lowest BCUT2D eigenvalue weighted by molar-refractivity contribution is 1.43. The maximum atomic E-state index is 5.80. The lowest BCUT2D eigenvalue weighted by Gasteiger charge is -2.03. The summed E-state index contributed by atoms with van der Waals surface area (Å²) in [5.74, 6) is 0.557. The standard InChI is InChI=1S/C13H11Cl/c1-2-11-4-3-5-12-7-6-10(9-14)8-13(11)12/h2-8H,1,9H2. The van der Waals surface area contributed by atoms with Crippen LogP contribution in [0, 0.1) is 0 Å². The van der Waals surface area contributed by atoms with Crippen LogP contribution in [0.1, 0.15) is 11.1 Å². The first-order valence-corrected chi connectivity index (χ1v) is 5.08. The van der Waals surface area contributed by atoms with E-state index in [-0.39, 0.29) is 0 Å². The van der Waals surface area contributed by atoms with E-state index < -0.39 is 0 Å². The van der Waals surface area contributed by atoms with Gasteiger partial charge < -0.3 is 0 Å². The van der Waals surface area contributed by atoms with Crippen LogP contribution in [-0.2, 0) is 5.88 Å². The highest BCUT2D eigenvalue weighted by atomic mass is 35.5. The van der Waals surface area contributed by atoms with Crippen molar-refractivity contribution in [3.8, 4) is 0 Å². The molecule has 14 heavy (non-hydrogen) atoms. The van der Waals surface area contributed by atoms with E-state index in [1.165, 1.54) is 10.8 Å². The SMILES string of the molecule is C=Cc1cccc2ccc(CCl)cc12. The molecule has 0 atom stereocenters. The highest BCUT2D eigenvalue weighted by Gasteiger charge is 1.98. The quantitative estimate of drug-likeness (QED) is 0.640. The third kappa shape index (κ3) is 1.53. The summed E-state index contributed by atoms with van der Waals surface area (Å²) in [7, 11) is 0. The van der Waals surface area contributed by atoms with Crippen molar-refractivity contribution in [1.29, 1.82) is 0 Å². The Bertz CT molecular complexity index is 472. The van der Waals surface area contributed by atoms with Crippen LogP contribution in [0.2, 0.25) is 0 Å². The number of fused-ring (bicyclic) bond motifs is 1. The second-order valence-electron chi connectivity index (χ2n) is 3.24. The van der Waals surface area contributed by atoms with Crippen molar-refractivity contribution in [1.82, 2.24) is 0 Å². The highest BCUT2D eigenvalue weighted by Crippen LogP contribution is 2.21. The molecule has 70 valence electrons. The molecule has 2 aromatic rings. The fourth-order valence-electron chi connectivity index (χ4n) is 1.61. The van der Waals surface area contributed by atoms with Gasteiger partial charge in [-0.1, -0.05) is 43.0 Å². The van der Waals surface area contributed by atoms with E-state index in [4.69, 9.17) is 11.6 Å². The normalized spacial score (nSPS) is 10.4. The van der Waals surface area contributed by atoms with Crippen molar-refractivity contribution in [2.75, 3.05) is 0 Å². The fourth-order valence-corrected chi connectivity index (χ4v) is 1.77. The van der Waals surface area contributed by atoms with Gasteiger partial charge in [-0.3, -0.25) is 0 Å². The molecule has 0 saturated carbocycles. The molecule has 0 aliphatic heterocycles. The van der Waals surface area contributed by atoms with Crippen LogP contribution in [0.15, 0.2) is 43.0 Å². The Kier molecular flexibility index (Phi) is 2.55. The van der Waals surface area contributed by atoms with Crippen molar-refractivity contribution in [3.63, 3.8) is 0 Å². The van der Waals surface area contributed by atoms with E-state index in [0.29, 0.717) is 5.88 Å². The molecule has 0 heterocycles. The molecule has 0 N–H and O–H groups in total. The van der Waals surface area contributed by atoms with E-state index in [0.717, 1.165) is 11.1 Å². The molecule has 0 bridgehead atoms. The van der Waals surface area contributed by atoms with Gasteiger partial charge in [-0.05, 0) is 28.0 Å². The molecule has 0 nitrogen and oxygen atoms in total. The number of halogens is 1. The minimum atomic E-state index is 0.557. The van der Waals surface area contributed by atoms with Crippen molar-refractivity contribution in [2.24, 2.45) is 0 Å². The molecular formula is C13H11Cl. The maximum Gasteiger partial charge on any atom is 0.0474 e. The monoisotopic (exact) mass is 202 g/mol. The average molecular weight is 203 g/mol. The Balaban J connectivity index is 2.76. The summed E-state index contributed by atoms with van der Waals surface area (Å²) in [6, 6.07) is 12.5. The fraction of sp³-hybridized carbons (Fsp3) is 0.0769. The molecule has 0 aliphatic rings. The molecule has 2 aromatic carbocycles. The highest BCUT2D eigenvalue weighted by molar-refractivity contribution is 6.17. The number of benzene rings is 2. The van der Waals surface area contributed by atoms with Crippen LogP contribution in [0.25, 0.3) is 16.8 Å². The first-order chi connectivity index (χ1) is 6.85. The minimum Gasteiger partial charge on any atom is -0.122 e. The Morgan fingerprint density at radius 3 is 2.79 bits per heavy atom. The second kappa shape index (κ2) is 3.85. The summed E-state index contributed by atoms with van der Waals surface area (Å²) in [5.41, 5.74) is 2.31. The molecular weight excluding hydrogens is 192 g/mol. The lowest BCUT2D eigenvalue weighted by atomic mass is 10.0. The minimum absolute atomic E-state index is 0.557. The predicted molar refractivity (Wildman–Crippen MR) is 63.6 cm³/mol. The number of hydrogen-bond donors (Lipinski definition) is 0. The summed E-state index contributed by atoms with van der Waals surface area (Å²) >= 11 is 5.80. The Morgan fingerprint density at radius 1 is 1.21 bits per heavy atom. The first-order valence-electron chi connectivity index (χ1n) is 4.55. The van der Waals surface area contributed by atoms with Crippen molar-refractivity contribution in [2.45, 2.75) is 5.88 Å². The smallest absolute Gasteiger partial charge is 0.0474 e. The van der Waals surface area contributed by atoms with Gasteiger partial charge in [-0.15, -0.1) is 11.6 Å². The molecule has 0 spiro atoms. The summed E-state index contributed by atoms with van der Waals surface area (Å²) in [6.07, 6.45) is 1.88. The van der Waals surface area contributed by atoms with Crippen LogP contribution in [0.3, 0.4) is 0 Å². The number of alkyl halides is 1. The average Bonchev–Trinajstić information content (AvgIpc) is 2.27. The van der Waals surface area contributed by atoms with Gasteiger partial charge in [0, 0.05) is 5.88 Å². The molecule has 0 radical (unpaired) electrons. The van der Waals surface area contributed by atoms with Gasteiger partial charge in [0.25, 0.3) is 0 Å². The zero-order valence-electron chi connectivity index (χ0n) is 7.83. The van der Waals surface area contributed by atoms with Crippen molar-refractivity contribution < 1.29 is 0 Å².